The van der Waals surface area contributed by atoms with E-state index >= 15 is 0 Å². The normalized spacial score (nSPS) is 16.8. The topological polar surface area (TPSA) is 28.1 Å². The van der Waals surface area contributed by atoms with Gasteiger partial charge in [-0.15, -0.1) is 0 Å². The van der Waals surface area contributed by atoms with E-state index in [2.05, 4.69) is 58.4 Å². The molecule has 0 atom stereocenters. The zero-order valence-electron chi connectivity index (χ0n) is 16.7. The summed E-state index contributed by atoms with van der Waals surface area (Å²) in [4.78, 5) is 2.60. The molecule has 5 rings (SSSR count). The molecule has 4 nitrogen and oxygen atoms in total. The summed E-state index contributed by atoms with van der Waals surface area (Å²) >= 11 is 0. The van der Waals surface area contributed by atoms with Crippen LogP contribution in [-0.2, 0) is 0 Å². The maximum absolute atomic E-state index is 5.21. The molecule has 0 saturated carbocycles. The van der Waals surface area contributed by atoms with Crippen molar-refractivity contribution in [1.82, 2.24) is 9.91 Å². The fourth-order valence-corrected chi connectivity index (χ4v) is 4.45. The van der Waals surface area contributed by atoms with E-state index < -0.39 is 0 Å². The highest BCUT2D eigenvalue weighted by Crippen LogP contribution is 2.46. The fourth-order valence-electron chi connectivity index (χ4n) is 4.45. The van der Waals surface area contributed by atoms with Gasteiger partial charge in [-0.05, 0) is 52.1 Å². The molecule has 0 aromatic heterocycles. The molecule has 0 bridgehead atoms. The Kier molecular flexibility index (Phi) is 4.78. The summed E-state index contributed by atoms with van der Waals surface area (Å²) in [5.41, 5.74) is 6.72. The van der Waals surface area contributed by atoms with Gasteiger partial charge in [-0.25, -0.2) is 0 Å². The number of rotatable bonds is 4. The Labute approximate surface area is 172 Å². The van der Waals surface area contributed by atoms with Crippen molar-refractivity contribution in [3.8, 4) is 16.9 Å². The van der Waals surface area contributed by atoms with E-state index in [0.29, 0.717) is 6.04 Å². The number of fused-ring (bicyclic) bond motifs is 3. The van der Waals surface area contributed by atoms with Gasteiger partial charge in [-0.1, -0.05) is 48.5 Å². The van der Waals surface area contributed by atoms with Gasteiger partial charge in [0.15, 0.2) is 0 Å². The fraction of sp³-hybridized carbons (Fsp3) is 0.240. The second-order valence-electron chi connectivity index (χ2n) is 7.58. The number of methoxy groups -OCH3 is 1. The number of piperazine rings is 1. The highest BCUT2D eigenvalue weighted by Gasteiger charge is 2.33. The lowest BCUT2D eigenvalue weighted by molar-refractivity contribution is 0.114. The molecule has 1 saturated heterocycles. The van der Waals surface area contributed by atoms with Crippen molar-refractivity contribution in [2.75, 3.05) is 33.3 Å². The third-order valence-electron chi connectivity index (χ3n) is 5.94. The number of hydrogen-bond acceptors (Lipinski definition) is 4. The van der Waals surface area contributed by atoms with E-state index in [0.717, 1.165) is 37.5 Å². The lowest BCUT2D eigenvalue weighted by Gasteiger charge is -2.37. The predicted octanol–water partition coefficient (Wildman–Crippen LogP) is 4.42. The Hall–Kier alpha value is -3.11. The Bertz CT molecular complexity index is 975. The lowest BCUT2D eigenvalue weighted by atomic mass is 10.0. The monoisotopic (exact) mass is 383 g/mol. The summed E-state index contributed by atoms with van der Waals surface area (Å²) in [6.45, 7) is 3.89. The standard InChI is InChI=1S/C25H25N3O/c1-29-20-12-10-19(11-13-20)18-26-28-16-14-27(15-17-28)25-23-8-4-2-6-21(23)22-7-3-5-9-24(22)25/h2-13,18,25H,14-17H2,1H3. The third-order valence-corrected chi connectivity index (χ3v) is 5.94. The molecule has 146 valence electrons. The average molecular weight is 383 g/mol. The van der Waals surface area contributed by atoms with Gasteiger partial charge in [0.2, 0.25) is 0 Å². The van der Waals surface area contributed by atoms with Gasteiger partial charge in [0.05, 0.1) is 19.4 Å². The van der Waals surface area contributed by atoms with Crippen LogP contribution in [0.4, 0.5) is 0 Å². The molecule has 0 unspecified atom stereocenters. The van der Waals surface area contributed by atoms with Crippen LogP contribution in [0.3, 0.4) is 0 Å². The summed E-state index contributed by atoms with van der Waals surface area (Å²) in [6, 6.07) is 26.0. The highest BCUT2D eigenvalue weighted by molar-refractivity contribution is 5.79. The molecule has 4 heteroatoms. The van der Waals surface area contributed by atoms with E-state index in [-0.39, 0.29) is 0 Å². The van der Waals surface area contributed by atoms with Crippen LogP contribution in [0, 0.1) is 0 Å². The summed E-state index contributed by atoms with van der Waals surface area (Å²) in [5, 5.41) is 6.87. The van der Waals surface area contributed by atoms with E-state index in [1.165, 1.54) is 22.3 Å². The van der Waals surface area contributed by atoms with Crippen molar-refractivity contribution in [2.45, 2.75) is 6.04 Å². The van der Waals surface area contributed by atoms with E-state index in [1.807, 2.05) is 30.5 Å². The van der Waals surface area contributed by atoms with Gasteiger partial charge < -0.3 is 4.74 Å². The van der Waals surface area contributed by atoms with Gasteiger partial charge in [-0.3, -0.25) is 9.91 Å². The smallest absolute Gasteiger partial charge is 0.118 e. The molecule has 1 fully saturated rings. The molecule has 0 amide bonds. The van der Waals surface area contributed by atoms with Crippen LogP contribution in [0.2, 0.25) is 0 Å². The van der Waals surface area contributed by atoms with Gasteiger partial charge in [0.1, 0.15) is 5.75 Å². The molecule has 2 aliphatic rings. The molecule has 0 spiro atoms. The Morgan fingerprint density at radius 1 is 0.793 bits per heavy atom. The summed E-state index contributed by atoms with van der Waals surface area (Å²) < 4.78 is 5.21. The van der Waals surface area contributed by atoms with Gasteiger partial charge in [0, 0.05) is 26.2 Å². The van der Waals surface area contributed by atoms with Crippen LogP contribution in [0.5, 0.6) is 5.75 Å². The highest BCUT2D eigenvalue weighted by atomic mass is 16.5. The summed E-state index contributed by atoms with van der Waals surface area (Å²) in [5.74, 6) is 0.868. The first-order valence-electron chi connectivity index (χ1n) is 10.2. The van der Waals surface area contributed by atoms with Crippen LogP contribution in [-0.4, -0.2) is 49.4 Å². The van der Waals surface area contributed by atoms with E-state index in [4.69, 9.17) is 9.84 Å². The molecule has 0 radical (unpaired) electrons. The lowest BCUT2D eigenvalue weighted by Crippen LogP contribution is -2.45. The summed E-state index contributed by atoms with van der Waals surface area (Å²) in [6.07, 6.45) is 1.94. The van der Waals surface area contributed by atoms with Gasteiger partial charge in [0.25, 0.3) is 0 Å². The van der Waals surface area contributed by atoms with Crippen molar-refractivity contribution < 1.29 is 4.74 Å². The number of benzene rings is 3. The first-order valence-corrected chi connectivity index (χ1v) is 10.2. The van der Waals surface area contributed by atoms with Crippen LogP contribution < -0.4 is 4.74 Å². The Morgan fingerprint density at radius 3 is 1.97 bits per heavy atom. The molecule has 29 heavy (non-hydrogen) atoms. The molecule has 1 aliphatic heterocycles. The minimum Gasteiger partial charge on any atom is -0.497 e. The van der Waals surface area contributed by atoms with Crippen molar-refractivity contribution in [2.24, 2.45) is 5.10 Å². The van der Waals surface area contributed by atoms with Crippen molar-refractivity contribution in [3.05, 3.63) is 89.5 Å². The summed E-state index contributed by atoms with van der Waals surface area (Å²) in [7, 11) is 1.68. The molecule has 0 N–H and O–H groups in total. The predicted molar refractivity (Wildman–Crippen MR) is 117 cm³/mol. The van der Waals surface area contributed by atoms with Crippen molar-refractivity contribution in [3.63, 3.8) is 0 Å². The zero-order chi connectivity index (χ0) is 19.6. The number of hydrogen-bond donors (Lipinski definition) is 0. The molecule has 1 aliphatic carbocycles. The van der Waals surface area contributed by atoms with Gasteiger partial charge in [-0.2, -0.15) is 5.10 Å². The maximum atomic E-state index is 5.21. The van der Waals surface area contributed by atoms with Crippen LogP contribution in [0.1, 0.15) is 22.7 Å². The minimum atomic E-state index is 0.357. The largest absolute Gasteiger partial charge is 0.497 e. The second-order valence-corrected chi connectivity index (χ2v) is 7.58. The Balaban J connectivity index is 1.29. The number of hydrazone groups is 1. The van der Waals surface area contributed by atoms with Crippen molar-refractivity contribution >= 4 is 6.21 Å². The Morgan fingerprint density at radius 2 is 1.38 bits per heavy atom. The first kappa shape index (κ1) is 18.0. The van der Waals surface area contributed by atoms with Crippen LogP contribution in [0.25, 0.3) is 11.1 Å². The van der Waals surface area contributed by atoms with E-state index in [9.17, 15) is 0 Å². The van der Waals surface area contributed by atoms with Crippen molar-refractivity contribution in [1.29, 1.82) is 0 Å². The molecular formula is C25H25N3O. The third kappa shape index (κ3) is 3.40. The van der Waals surface area contributed by atoms with E-state index in [1.54, 1.807) is 7.11 Å². The van der Waals surface area contributed by atoms with Gasteiger partial charge >= 0.3 is 0 Å². The molecule has 1 heterocycles. The quantitative estimate of drug-likeness (QED) is 0.625. The first-order chi connectivity index (χ1) is 14.3. The van der Waals surface area contributed by atoms with Crippen LogP contribution in [0.15, 0.2) is 77.9 Å². The zero-order valence-corrected chi connectivity index (χ0v) is 16.7. The second kappa shape index (κ2) is 7.72. The van der Waals surface area contributed by atoms with Crippen LogP contribution >= 0.6 is 0 Å². The number of nitrogens with zero attached hydrogens (tertiary/aromatic N) is 3. The molecular weight excluding hydrogens is 358 g/mol. The SMILES string of the molecule is COc1ccc(C=NN2CCN(C3c4ccccc4-c4ccccc43)CC2)cc1. The number of ether oxygens (including phenoxy) is 1. The molecule has 3 aromatic carbocycles. The maximum Gasteiger partial charge on any atom is 0.118 e. The average Bonchev–Trinajstić information content (AvgIpc) is 3.13. The molecule has 3 aromatic rings. The minimum absolute atomic E-state index is 0.357.